The van der Waals surface area contributed by atoms with Crippen molar-refractivity contribution in [3.05, 3.63) is 51.1 Å². The number of hydrogen-bond donors (Lipinski definition) is 0. The van der Waals surface area contributed by atoms with Crippen molar-refractivity contribution >= 4 is 43.8 Å². The molecule has 0 amide bonds. The Bertz CT molecular complexity index is 549. The molecule has 0 spiro atoms. The highest BCUT2D eigenvalue weighted by Crippen LogP contribution is 2.23. The maximum atomic E-state index is 11.9. The van der Waals surface area contributed by atoms with Gasteiger partial charge < -0.3 is 0 Å². The Kier molecular flexibility index (Phi) is 4.25. The van der Waals surface area contributed by atoms with E-state index in [1.54, 1.807) is 12.1 Å². The van der Waals surface area contributed by atoms with Crippen molar-refractivity contribution < 1.29 is 9.00 Å². The number of halogens is 1. The topological polar surface area (TPSA) is 34.1 Å². The second kappa shape index (κ2) is 5.71. The molecule has 88 valence electrons. The minimum absolute atomic E-state index is 0.0309. The first-order valence-corrected chi connectivity index (χ1v) is 7.87. The van der Waals surface area contributed by atoms with Crippen LogP contribution in [0.4, 0.5) is 0 Å². The van der Waals surface area contributed by atoms with E-state index in [4.69, 9.17) is 0 Å². The summed E-state index contributed by atoms with van der Waals surface area (Å²) in [7, 11) is -1.27. The first kappa shape index (κ1) is 12.7. The highest BCUT2D eigenvalue weighted by molar-refractivity contribution is 9.10. The normalized spacial score (nSPS) is 12.3. The lowest BCUT2D eigenvalue weighted by atomic mass is 10.3. The molecular formula is C12H9BrO2S2. The SMILES string of the molecule is O=C(CS(=O)c1ccccc1)c1sccc1Br. The standard InChI is InChI=1S/C12H9BrO2S2/c13-10-6-7-16-12(10)11(14)8-17(15)9-4-2-1-3-5-9/h1-7H,8H2. The maximum absolute atomic E-state index is 11.9. The molecule has 0 N–H and O–H groups in total. The number of ketones is 1. The number of carbonyl (C=O) groups excluding carboxylic acids is 1. The quantitative estimate of drug-likeness (QED) is 0.805. The van der Waals surface area contributed by atoms with Crippen LogP contribution in [0.25, 0.3) is 0 Å². The highest BCUT2D eigenvalue weighted by Gasteiger charge is 2.15. The van der Waals surface area contributed by atoms with Crippen molar-refractivity contribution in [2.24, 2.45) is 0 Å². The molecule has 0 aliphatic heterocycles. The van der Waals surface area contributed by atoms with E-state index in [1.165, 1.54) is 11.3 Å². The van der Waals surface area contributed by atoms with Crippen LogP contribution in [0, 0.1) is 0 Å². The van der Waals surface area contributed by atoms with Crippen LogP contribution in [0.1, 0.15) is 9.67 Å². The maximum Gasteiger partial charge on any atom is 0.186 e. The molecule has 2 nitrogen and oxygen atoms in total. The third-order valence-electron chi connectivity index (χ3n) is 2.14. The van der Waals surface area contributed by atoms with Gasteiger partial charge in [-0.3, -0.25) is 9.00 Å². The van der Waals surface area contributed by atoms with Gasteiger partial charge in [0.2, 0.25) is 0 Å². The van der Waals surface area contributed by atoms with Gasteiger partial charge in [0.1, 0.15) is 0 Å². The summed E-state index contributed by atoms with van der Waals surface area (Å²) >= 11 is 4.67. The summed E-state index contributed by atoms with van der Waals surface area (Å²) in [6, 6.07) is 10.9. The largest absolute Gasteiger partial charge is 0.292 e. The van der Waals surface area contributed by atoms with Crippen molar-refractivity contribution in [3.8, 4) is 0 Å². The molecule has 0 aliphatic rings. The van der Waals surface area contributed by atoms with Gasteiger partial charge in [0.25, 0.3) is 0 Å². The molecular weight excluding hydrogens is 320 g/mol. The first-order valence-electron chi connectivity index (χ1n) is 4.88. The number of thiophene rings is 1. The number of hydrogen-bond acceptors (Lipinski definition) is 3. The van der Waals surface area contributed by atoms with E-state index in [0.717, 1.165) is 4.47 Å². The molecule has 0 saturated heterocycles. The molecule has 1 aromatic carbocycles. The molecule has 2 rings (SSSR count). The molecule has 2 aromatic rings. The summed E-state index contributed by atoms with van der Waals surface area (Å²) < 4.78 is 12.7. The molecule has 1 unspecified atom stereocenters. The zero-order valence-electron chi connectivity index (χ0n) is 8.76. The van der Waals surface area contributed by atoms with Crippen LogP contribution >= 0.6 is 27.3 Å². The molecule has 1 aromatic heterocycles. The van der Waals surface area contributed by atoms with E-state index in [1.807, 2.05) is 29.6 Å². The van der Waals surface area contributed by atoms with Crippen LogP contribution in [0.3, 0.4) is 0 Å². The fourth-order valence-electron chi connectivity index (χ4n) is 1.33. The Morgan fingerprint density at radius 1 is 1.24 bits per heavy atom. The van der Waals surface area contributed by atoms with E-state index < -0.39 is 10.8 Å². The van der Waals surface area contributed by atoms with Crippen LogP contribution in [0.2, 0.25) is 0 Å². The molecule has 0 aliphatic carbocycles. The molecule has 0 bridgehead atoms. The molecule has 5 heteroatoms. The second-order valence-electron chi connectivity index (χ2n) is 3.32. The van der Waals surface area contributed by atoms with Crippen LogP contribution in [0.5, 0.6) is 0 Å². The van der Waals surface area contributed by atoms with E-state index in [0.29, 0.717) is 9.77 Å². The van der Waals surface area contributed by atoms with Crippen LogP contribution in [-0.2, 0) is 10.8 Å². The minimum Gasteiger partial charge on any atom is -0.292 e. The van der Waals surface area contributed by atoms with Crippen LogP contribution < -0.4 is 0 Å². The summed E-state index contributed by atoms with van der Waals surface area (Å²) in [5.74, 6) is -0.0580. The van der Waals surface area contributed by atoms with E-state index in [9.17, 15) is 9.00 Å². The van der Waals surface area contributed by atoms with Gasteiger partial charge in [0.05, 0.1) is 21.4 Å². The van der Waals surface area contributed by atoms with Gasteiger partial charge in [0, 0.05) is 9.37 Å². The van der Waals surface area contributed by atoms with Crippen molar-refractivity contribution in [2.75, 3.05) is 5.75 Å². The molecule has 0 radical (unpaired) electrons. The number of Topliss-reactive ketones (excluding diaryl/α,β-unsaturated/α-hetero) is 1. The predicted octanol–water partition coefficient (Wildman–Crippen LogP) is 3.50. The van der Waals surface area contributed by atoms with E-state index in [-0.39, 0.29) is 11.5 Å². The summed E-state index contributed by atoms with van der Waals surface area (Å²) in [5, 5.41) is 1.84. The number of benzene rings is 1. The minimum atomic E-state index is -1.27. The summed E-state index contributed by atoms with van der Waals surface area (Å²) in [6.45, 7) is 0. The van der Waals surface area contributed by atoms with Gasteiger partial charge in [-0.1, -0.05) is 18.2 Å². The van der Waals surface area contributed by atoms with Crippen molar-refractivity contribution in [1.29, 1.82) is 0 Å². The zero-order valence-corrected chi connectivity index (χ0v) is 12.0. The number of rotatable bonds is 4. The van der Waals surface area contributed by atoms with Gasteiger partial charge in [0.15, 0.2) is 5.78 Å². The monoisotopic (exact) mass is 328 g/mol. The third kappa shape index (κ3) is 3.12. The van der Waals surface area contributed by atoms with Gasteiger partial charge in [-0.2, -0.15) is 0 Å². The van der Waals surface area contributed by atoms with Crippen molar-refractivity contribution in [1.82, 2.24) is 0 Å². The Morgan fingerprint density at radius 2 is 1.94 bits per heavy atom. The van der Waals surface area contributed by atoms with Gasteiger partial charge in [-0.25, -0.2) is 0 Å². The average Bonchev–Trinajstić information content (AvgIpc) is 2.76. The average molecular weight is 329 g/mol. The number of carbonyl (C=O) groups is 1. The highest BCUT2D eigenvalue weighted by atomic mass is 79.9. The van der Waals surface area contributed by atoms with Gasteiger partial charge >= 0.3 is 0 Å². The summed E-state index contributed by atoms with van der Waals surface area (Å²) in [6.07, 6.45) is 0. The Morgan fingerprint density at radius 3 is 2.53 bits per heavy atom. The lowest BCUT2D eigenvalue weighted by molar-refractivity contribution is 0.102. The molecule has 17 heavy (non-hydrogen) atoms. The Balaban J connectivity index is 2.10. The fraction of sp³-hybridized carbons (Fsp3) is 0.0833. The first-order chi connectivity index (χ1) is 8.18. The fourth-order valence-corrected chi connectivity index (χ4v) is 3.97. The van der Waals surface area contributed by atoms with Crippen LogP contribution in [0.15, 0.2) is 51.1 Å². The second-order valence-corrected chi connectivity index (χ2v) is 6.55. The van der Waals surface area contributed by atoms with Crippen molar-refractivity contribution in [2.45, 2.75) is 4.90 Å². The van der Waals surface area contributed by atoms with Gasteiger partial charge in [-0.05, 0) is 39.5 Å². The molecule has 1 heterocycles. The lowest BCUT2D eigenvalue weighted by Gasteiger charge is -2.00. The zero-order chi connectivity index (χ0) is 12.3. The summed E-state index contributed by atoms with van der Waals surface area (Å²) in [5.41, 5.74) is 0. The molecule has 1 atom stereocenters. The summed E-state index contributed by atoms with van der Waals surface area (Å²) in [4.78, 5) is 13.2. The third-order valence-corrected chi connectivity index (χ3v) is 5.34. The Labute approximate surface area is 114 Å². The van der Waals surface area contributed by atoms with E-state index >= 15 is 0 Å². The van der Waals surface area contributed by atoms with Crippen molar-refractivity contribution in [3.63, 3.8) is 0 Å². The molecule has 0 saturated carbocycles. The molecule has 0 fully saturated rings. The van der Waals surface area contributed by atoms with Crippen LogP contribution in [-0.4, -0.2) is 15.7 Å². The van der Waals surface area contributed by atoms with Gasteiger partial charge in [-0.15, -0.1) is 11.3 Å². The lowest BCUT2D eigenvalue weighted by Crippen LogP contribution is -2.10. The van der Waals surface area contributed by atoms with E-state index in [2.05, 4.69) is 15.9 Å². The Hall–Kier alpha value is -0.780. The predicted molar refractivity (Wildman–Crippen MR) is 74.1 cm³/mol. The smallest absolute Gasteiger partial charge is 0.186 e.